The largest absolute Gasteiger partial charge is 0.493 e. The van der Waals surface area contributed by atoms with Gasteiger partial charge in [-0.2, -0.15) is 0 Å². The van der Waals surface area contributed by atoms with E-state index in [0.717, 1.165) is 5.39 Å². The van der Waals surface area contributed by atoms with Crippen LogP contribution in [0.15, 0.2) is 57.7 Å². The van der Waals surface area contributed by atoms with Crippen LogP contribution in [0.1, 0.15) is 10.4 Å². The smallest absolute Gasteiger partial charge is 0.336 e. The Morgan fingerprint density at radius 2 is 1.75 bits per heavy atom. The van der Waals surface area contributed by atoms with Crippen molar-refractivity contribution in [2.45, 2.75) is 0 Å². The Kier molecular flexibility index (Phi) is 4.20. The van der Waals surface area contributed by atoms with Crippen molar-refractivity contribution in [3.63, 3.8) is 0 Å². The highest BCUT2D eigenvalue weighted by molar-refractivity contribution is 6.05. The molecule has 1 amide bonds. The molecule has 6 nitrogen and oxygen atoms in total. The molecule has 122 valence electrons. The van der Waals surface area contributed by atoms with Gasteiger partial charge >= 0.3 is 5.63 Å². The monoisotopic (exact) mass is 325 g/mol. The number of amides is 1. The number of anilines is 1. The average molecular weight is 325 g/mol. The van der Waals surface area contributed by atoms with E-state index >= 15 is 0 Å². The highest BCUT2D eigenvalue weighted by Crippen LogP contribution is 2.28. The molecule has 1 aromatic heterocycles. The van der Waals surface area contributed by atoms with Gasteiger partial charge < -0.3 is 19.2 Å². The summed E-state index contributed by atoms with van der Waals surface area (Å²) in [5, 5.41) is 3.52. The molecule has 2 aromatic carbocycles. The van der Waals surface area contributed by atoms with Crippen molar-refractivity contribution in [3.05, 3.63) is 64.5 Å². The summed E-state index contributed by atoms with van der Waals surface area (Å²) in [5.41, 5.74) is 1.08. The van der Waals surface area contributed by atoms with Crippen molar-refractivity contribution >= 4 is 22.6 Å². The zero-order valence-corrected chi connectivity index (χ0v) is 13.2. The van der Waals surface area contributed by atoms with E-state index in [1.807, 2.05) is 0 Å². The van der Waals surface area contributed by atoms with Crippen LogP contribution in [0.4, 0.5) is 5.69 Å². The fourth-order valence-corrected chi connectivity index (χ4v) is 2.33. The van der Waals surface area contributed by atoms with E-state index in [4.69, 9.17) is 13.9 Å². The fourth-order valence-electron chi connectivity index (χ4n) is 2.33. The second-order valence-corrected chi connectivity index (χ2v) is 5.03. The molecule has 0 bridgehead atoms. The third kappa shape index (κ3) is 3.08. The molecule has 0 unspecified atom stereocenters. The maximum absolute atomic E-state index is 12.4. The number of rotatable bonds is 4. The van der Waals surface area contributed by atoms with E-state index in [1.54, 1.807) is 42.5 Å². The number of carbonyl (C=O) groups is 1. The Balaban J connectivity index is 1.86. The SMILES string of the molecule is COc1ccc(C(=O)Nc2ccc3oc(=O)ccc3c2)cc1OC. The lowest BCUT2D eigenvalue weighted by Crippen LogP contribution is -2.12. The Hall–Kier alpha value is -3.28. The molecule has 0 spiro atoms. The molecule has 0 radical (unpaired) electrons. The van der Waals surface area contributed by atoms with Gasteiger partial charge in [-0.1, -0.05) is 0 Å². The predicted octanol–water partition coefficient (Wildman–Crippen LogP) is 3.06. The second-order valence-electron chi connectivity index (χ2n) is 5.03. The highest BCUT2D eigenvalue weighted by atomic mass is 16.5. The highest BCUT2D eigenvalue weighted by Gasteiger charge is 2.11. The van der Waals surface area contributed by atoms with E-state index in [-0.39, 0.29) is 5.91 Å². The van der Waals surface area contributed by atoms with E-state index in [2.05, 4.69) is 5.32 Å². The van der Waals surface area contributed by atoms with Gasteiger partial charge in [0.05, 0.1) is 14.2 Å². The summed E-state index contributed by atoms with van der Waals surface area (Å²) >= 11 is 0. The third-order valence-corrected chi connectivity index (χ3v) is 3.52. The first-order chi connectivity index (χ1) is 11.6. The summed E-state index contributed by atoms with van der Waals surface area (Å²) in [6, 6.07) is 12.9. The van der Waals surface area contributed by atoms with Crippen LogP contribution in [-0.2, 0) is 0 Å². The quantitative estimate of drug-likeness (QED) is 0.746. The Morgan fingerprint density at radius 3 is 2.50 bits per heavy atom. The standard InChI is InChI=1S/C18H15NO5/c1-22-15-6-3-12(10-16(15)23-2)18(21)19-13-5-7-14-11(9-13)4-8-17(20)24-14/h3-10H,1-2H3,(H,19,21). The van der Waals surface area contributed by atoms with Crippen molar-refractivity contribution in [1.29, 1.82) is 0 Å². The molecule has 0 saturated carbocycles. The topological polar surface area (TPSA) is 77.8 Å². The van der Waals surface area contributed by atoms with Crippen LogP contribution >= 0.6 is 0 Å². The molecule has 0 saturated heterocycles. The summed E-state index contributed by atoms with van der Waals surface area (Å²) in [5.74, 6) is 0.743. The molecule has 6 heteroatoms. The molecular formula is C18H15NO5. The first-order valence-corrected chi connectivity index (χ1v) is 7.18. The number of fused-ring (bicyclic) bond motifs is 1. The lowest BCUT2D eigenvalue weighted by atomic mass is 10.1. The van der Waals surface area contributed by atoms with Crippen LogP contribution in [0, 0.1) is 0 Å². The molecule has 0 atom stereocenters. The van der Waals surface area contributed by atoms with Gasteiger partial charge in [-0.3, -0.25) is 4.79 Å². The molecule has 0 aliphatic rings. The van der Waals surface area contributed by atoms with E-state index < -0.39 is 5.63 Å². The lowest BCUT2D eigenvalue weighted by molar-refractivity contribution is 0.102. The lowest BCUT2D eigenvalue weighted by Gasteiger charge is -2.10. The number of benzene rings is 2. The third-order valence-electron chi connectivity index (χ3n) is 3.52. The zero-order chi connectivity index (χ0) is 17.1. The maximum Gasteiger partial charge on any atom is 0.336 e. The summed E-state index contributed by atoms with van der Waals surface area (Å²) in [6.45, 7) is 0. The van der Waals surface area contributed by atoms with Gasteiger partial charge in [0.25, 0.3) is 5.91 Å². The van der Waals surface area contributed by atoms with Gasteiger partial charge in [-0.25, -0.2) is 4.79 Å². The van der Waals surface area contributed by atoms with Gasteiger partial charge in [-0.05, 0) is 42.5 Å². The van der Waals surface area contributed by atoms with Gasteiger partial charge in [-0.15, -0.1) is 0 Å². The summed E-state index contributed by atoms with van der Waals surface area (Å²) in [4.78, 5) is 23.6. The molecule has 0 aliphatic heterocycles. The van der Waals surface area contributed by atoms with Crippen LogP contribution in [0.25, 0.3) is 11.0 Å². The predicted molar refractivity (Wildman–Crippen MR) is 90.0 cm³/mol. The van der Waals surface area contributed by atoms with E-state index in [9.17, 15) is 9.59 Å². The molecule has 3 aromatic rings. The van der Waals surface area contributed by atoms with Crippen molar-refractivity contribution in [1.82, 2.24) is 0 Å². The van der Waals surface area contributed by atoms with Crippen LogP contribution in [0.2, 0.25) is 0 Å². The van der Waals surface area contributed by atoms with Gasteiger partial charge in [0.15, 0.2) is 11.5 Å². The Labute approximate surface area is 137 Å². The van der Waals surface area contributed by atoms with Crippen molar-refractivity contribution in [2.75, 3.05) is 19.5 Å². The minimum absolute atomic E-state index is 0.285. The van der Waals surface area contributed by atoms with Crippen LogP contribution in [0.5, 0.6) is 11.5 Å². The van der Waals surface area contributed by atoms with Crippen LogP contribution in [0.3, 0.4) is 0 Å². The normalized spacial score (nSPS) is 10.4. The van der Waals surface area contributed by atoms with E-state index in [1.165, 1.54) is 20.3 Å². The molecule has 3 rings (SSSR count). The molecule has 1 heterocycles. The Morgan fingerprint density at radius 1 is 0.958 bits per heavy atom. The number of hydrogen-bond acceptors (Lipinski definition) is 5. The van der Waals surface area contributed by atoms with Crippen LogP contribution < -0.4 is 20.4 Å². The summed E-state index contributed by atoms with van der Waals surface area (Å²) in [7, 11) is 3.04. The van der Waals surface area contributed by atoms with Gasteiger partial charge in [0.1, 0.15) is 5.58 Å². The number of methoxy groups -OCH3 is 2. The fraction of sp³-hybridized carbons (Fsp3) is 0.111. The van der Waals surface area contributed by atoms with Crippen molar-refractivity contribution in [2.24, 2.45) is 0 Å². The summed E-state index contributed by atoms with van der Waals surface area (Å²) < 4.78 is 15.4. The minimum atomic E-state index is -0.412. The maximum atomic E-state index is 12.4. The molecule has 0 fully saturated rings. The Bertz CT molecular complexity index is 961. The first-order valence-electron chi connectivity index (χ1n) is 7.18. The number of ether oxygens (including phenoxy) is 2. The number of hydrogen-bond donors (Lipinski definition) is 1. The number of carbonyl (C=O) groups excluding carboxylic acids is 1. The van der Waals surface area contributed by atoms with Gasteiger partial charge in [0.2, 0.25) is 0 Å². The first kappa shape index (κ1) is 15.6. The zero-order valence-electron chi connectivity index (χ0n) is 13.2. The van der Waals surface area contributed by atoms with Crippen LogP contribution in [-0.4, -0.2) is 20.1 Å². The average Bonchev–Trinajstić information content (AvgIpc) is 2.61. The molecular weight excluding hydrogens is 310 g/mol. The second kappa shape index (κ2) is 6.45. The minimum Gasteiger partial charge on any atom is -0.493 e. The number of nitrogens with one attached hydrogen (secondary N) is 1. The van der Waals surface area contributed by atoms with E-state index in [0.29, 0.717) is 28.3 Å². The molecule has 0 aliphatic carbocycles. The van der Waals surface area contributed by atoms with Gasteiger partial charge in [0, 0.05) is 22.7 Å². The molecule has 1 N–H and O–H groups in total. The summed E-state index contributed by atoms with van der Waals surface area (Å²) in [6.07, 6.45) is 0. The van der Waals surface area contributed by atoms with Crippen molar-refractivity contribution in [3.8, 4) is 11.5 Å². The molecule has 24 heavy (non-hydrogen) atoms. The van der Waals surface area contributed by atoms with Crippen molar-refractivity contribution < 1.29 is 18.7 Å².